The van der Waals surface area contributed by atoms with Gasteiger partial charge < -0.3 is 5.32 Å². The van der Waals surface area contributed by atoms with E-state index in [1.807, 2.05) is 13.1 Å². The largest absolute Gasteiger partial charge is 0.418 e. The van der Waals surface area contributed by atoms with E-state index >= 15 is 0 Å². The van der Waals surface area contributed by atoms with E-state index in [0.717, 1.165) is 36.1 Å². The van der Waals surface area contributed by atoms with Gasteiger partial charge in [0.05, 0.1) is 24.3 Å². The molecule has 0 atom stereocenters. The molecule has 2 heterocycles. The minimum absolute atomic E-state index is 0.0586. The molecule has 0 radical (unpaired) electrons. The van der Waals surface area contributed by atoms with Gasteiger partial charge in [0.2, 0.25) is 0 Å². The van der Waals surface area contributed by atoms with Gasteiger partial charge in [-0.2, -0.15) is 13.2 Å². The molecule has 0 saturated carbocycles. The number of nitrogens with one attached hydrogen (secondary N) is 1. The zero-order valence-electron chi connectivity index (χ0n) is 14.8. The monoisotopic (exact) mass is 362 g/mol. The van der Waals surface area contributed by atoms with E-state index in [9.17, 15) is 13.2 Å². The number of fused-ring (bicyclic) bond motifs is 1. The Balaban J connectivity index is 1.88. The molecule has 1 aromatic heterocycles. The lowest BCUT2D eigenvalue weighted by molar-refractivity contribution is -0.137. The van der Waals surface area contributed by atoms with Gasteiger partial charge in [0.25, 0.3) is 0 Å². The number of benzene rings is 1. The molecule has 1 aromatic carbocycles. The summed E-state index contributed by atoms with van der Waals surface area (Å²) in [5.41, 5.74) is 1.40. The lowest BCUT2D eigenvalue weighted by Crippen LogP contribution is -2.32. The van der Waals surface area contributed by atoms with Crippen molar-refractivity contribution in [3.63, 3.8) is 0 Å². The average Bonchev–Trinajstić information content (AvgIpc) is 2.60. The zero-order valence-corrected chi connectivity index (χ0v) is 14.8. The number of likely N-dealkylation sites (N-methyl/N-ethyl adjacent to an activating group) is 1. The van der Waals surface area contributed by atoms with Crippen LogP contribution in [0.15, 0.2) is 41.5 Å². The maximum absolute atomic E-state index is 13.3. The minimum atomic E-state index is -4.44. The summed E-state index contributed by atoms with van der Waals surface area (Å²) in [6.07, 6.45) is -2.02. The molecule has 26 heavy (non-hydrogen) atoms. The van der Waals surface area contributed by atoms with Crippen molar-refractivity contribution in [2.24, 2.45) is 4.99 Å². The number of rotatable bonds is 5. The topological polar surface area (TPSA) is 40.5 Å². The van der Waals surface area contributed by atoms with Crippen LogP contribution in [0.2, 0.25) is 0 Å². The second-order valence-corrected chi connectivity index (χ2v) is 6.39. The molecular formula is C19H21F3N4. The van der Waals surface area contributed by atoms with E-state index in [-0.39, 0.29) is 5.69 Å². The summed E-state index contributed by atoms with van der Waals surface area (Å²) in [5, 5.41) is 3.25. The average molecular weight is 362 g/mol. The summed E-state index contributed by atoms with van der Waals surface area (Å²) < 4.78 is 39.8. The summed E-state index contributed by atoms with van der Waals surface area (Å²) in [4.78, 5) is 10.6. The smallest absolute Gasteiger partial charge is 0.343 e. The molecule has 0 saturated heterocycles. The number of nitrogens with zero attached hydrogens (tertiary/aromatic N) is 3. The van der Waals surface area contributed by atoms with Gasteiger partial charge in [-0.15, -0.1) is 0 Å². The summed E-state index contributed by atoms with van der Waals surface area (Å²) >= 11 is 0. The molecule has 0 fully saturated rings. The van der Waals surface area contributed by atoms with Gasteiger partial charge >= 0.3 is 6.18 Å². The molecule has 1 aliphatic rings. The van der Waals surface area contributed by atoms with Gasteiger partial charge in [-0.3, -0.25) is 14.9 Å². The minimum Gasteiger partial charge on any atom is -0.343 e. The Kier molecular flexibility index (Phi) is 5.27. The van der Waals surface area contributed by atoms with E-state index in [0.29, 0.717) is 18.7 Å². The highest BCUT2D eigenvalue weighted by atomic mass is 19.4. The van der Waals surface area contributed by atoms with Crippen LogP contribution in [0, 0.1) is 0 Å². The first-order chi connectivity index (χ1) is 12.4. The lowest BCUT2D eigenvalue weighted by Gasteiger charge is -2.23. The number of aliphatic imine (C=N–C) groups is 1. The Morgan fingerprint density at radius 1 is 1.23 bits per heavy atom. The van der Waals surface area contributed by atoms with Crippen molar-refractivity contribution >= 4 is 11.5 Å². The van der Waals surface area contributed by atoms with Crippen LogP contribution in [0.1, 0.15) is 24.5 Å². The summed E-state index contributed by atoms with van der Waals surface area (Å²) in [5.74, 6) is 0.822. The third kappa shape index (κ3) is 4.04. The van der Waals surface area contributed by atoms with Crippen molar-refractivity contribution in [3.8, 4) is 11.3 Å². The highest BCUT2D eigenvalue weighted by Gasteiger charge is 2.34. The number of hydrogen-bond donors (Lipinski definition) is 1. The number of aromatic nitrogens is 1. The number of anilines is 1. The van der Waals surface area contributed by atoms with Gasteiger partial charge in [-0.25, -0.2) is 0 Å². The zero-order chi connectivity index (χ0) is 18.7. The van der Waals surface area contributed by atoms with Crippen LogP contribution in [0.3, 0.4) is 0 Å². The van der Waals surface area contributed by atoms with Crippen molar-refractivity contribution in [3.05, 3.63) is 47.7 Å². The highest BCUT2D eigenvalue weighted by molar-refractivity contribution is 5.99. The molecule has 0 spiro atoms. The second-order valence-electron chi connectivity index (χ2n) is 6.39. The van der Waals surface area contributed by atoms with Crippen molar-refractivity contribution in [2.45, 2.75) is 26.1 Å². The number of halogens is 3. The van der Waals surface area contributed by atoms with Gasteiger partial charge in [0, 0.05) is 17.4 Å². The van der Waals surface area contributed by atoms with Crippen molar-refractivity contribution in [1.82, 2.24) is 9.88 Å². The Morgan fingerprint density at radius 2 is 2.04 bits per heavy atom. The van der Waals surface area contributed by atoms with Crippen LogP contribution in [0.25, 0.3) is 11.3 Å². The SMILES string of the molecule is CCCN(C)CC1=NCc2ccc(-c3ncccc3C(F)(F)F)cc2N1. The van der Waals surface area contributed by atoms with Crippen LogP contribution >= 0.6 is 0 Å². The first kappa shape index (κ1) is 18.4. The number of pyridine rings is 1. The molecule has 0 aliphatic carbocycles. The second kappa shape index (κ2) is 7.45. The highest BCUT2D eigenvalue weighted by Crippen LogP contribution is 2.37. The molecule has 138 valence electrons. The van der Waals surface area contributed by atoms with Crippen LogP contribution in [0.5, 0.6) is 0 Å². The number of alkyl halides is 3. The van der Waals surface area contributed by atoms with Crippen LogP contribution in [-0.4, -0.2) is 35.9 Å². The summed E-state index contributed by atoms with van der Waals surface area (Å²) in [7, 11) is 2.02. The fraction of sp³-hybridized carbons (Fsp3) is 0.368. The molecule has 4 nitrogen and oxygen atoms in total. The van der Waals surface area contributed by atoms with Gasteiger partial charge in [0.15, 0.2) is 0 Å². The molecule has 2 aromatic rings. The molecule has 0 bridgehead atoms. The normalized spacial score (nSPS) is 14.0. The molecule has 7 heteroatoms. The summed E-state index contributed by atoms with van der Waals surface area (Å²) in [6, 6.07) is 7.56. The molecule has 1 aliphatic heterocycles. The Morgan fingerprint density at radius 3 is 2.77 bits per heavy atom. The predicted octanol–water partition coefficient (Wildman–Crippen LogP) is 4.43. The van der Waals surface area contributed by atoms with E-state index in [4.69, 9.17) is 0 Å². The third-order valence-electron chi connectivity index (χ3n) is 4.24. The Labute approximate surface area is 150 Å². The third-order valence-corrected chi connectivity index (χ3v) is 4.24. The molecule has 0 amide bonds. The van der Waals surface area contributed by atoms with E-state index in [1.54, 1.807) is 12.1 Å². The maximum Gasteiger partial charge on any atom is 0.418 e. The number of amidine groups is 1. The fourth-order valence-corrected chi connectivity index (χ4v) is 3.02. The summed E-state index contributed by atoms with van der Waals surface area (Å²) in [6.45, 7) is 4.26. The van der Waals surface area contributed by atoms with Crippen LogP contribution in [0.4, 0.5) is 18.9 Å². The Bertz CT molecular complexity index is 815. The van der Waals surface area contributed by atoms with E-state index in [1.165, 1.54) is 12.3 Å². The quantitative estimate of drug-likeness (QED) is 0.855. The van der Waals surface area contributed by atoms with Crippen molar-refractivity contribution < 1.29 is 13.2 Å². The predicted molar refractivity (Wildman–Crippen MR) is 97.2 cm³/mol. The Hall–Kier alpha value is -2.41. The van der Waals surface area contributed by atoms with Gasteiger partial charge in [-0.1, -0.05) is 19.1 Å². The van der Waals surface area contributed by atoms with Crippen LogP contribution < -0.4 is 5.32 Å². The van der Waals surface area contributed by atoms with Gasteiger partial charge in [-0.05, 0) is 43.8 Å². The van der Waals surface area contributed by atoms with Crippen molar-refractivity contribution in [2.75, 3.05) is 25.5 Å². The van der Waals surface area contributed by atoms with Crippen LogP contribution in [-0.2, 0) is 12.7 Å². The molecule has 0 unspecified atom stereocenters. The number of hydrogen-bond acceptors (Lipinski definition) is 4. The van der Waals surface area contributed by atoms with Crippen molar-refractivity contribution in [1.29, 1.82) is 0 Å². The fourth-order valence-electron chi connectivity index (χ4n) is 3.02. The molecule has 3 rings (SSSR count). The first-order valence-electron chi connectivity index (χ1n) is 8.53. The molecular weight excluding hydrogens is 341 g/mol. The van der Waals surface area contributed by atoms with E-state index < -0.39 is 11.7 Å². The van der Waals surface area contributed by atoms with Gasteiger partial charge in [0.1, 0.15) is 5.84 Å². The van der Waals surface area contributed by atoms with E-state index in [2.05, 4.69) is 27.1 Å². The molecule has 1 N–H and O–H groups in total. The lowest BCUT2D eigenvalue weighted by atomic mass is 10.0. The standard InChI is InChI=1S/C19H21F3N4/c1-3-9-26(2)12-17-24-11-14-7-6-13(10-16(14)25-17)18-15(19(20,21)22)5-4-8-23-18/h4-8,10H,3,9,11-12H2,1-2H3,(H,24,25). The first-order valence-corrected chi connectivity index (χ1v) is 8.53. The maximum atomic E-state index is 13.3.